The van der Waals surface area contributed by atoms with Crippen molar-refractivity contribution < 1.29 is 0 Å². The maximum Gasteiger partial charge on any atom is 0.0293 e. The van der Waals surface area contributed by atoms with E-state index in [9.17, 15) is 0 Å². The predicted molar refractivity (Wildman–Crippen MR) is 43.0 cm³/mol. The Labute approximate surface area is 61.7 Å². The molecule has 4 nitrogen and oxygen atoms in total. The predicted octanol–water partition coefficient (Wildman–Crippen LogP) is 0.419. The number of hydrogen-bond donors (Lipinski definition) is 1. The highest BCUT2D eigenvalue weighted by Gasteiger charge is 1.94. The van der Waals surface area contributed by atoms with Crippen molar-refractivity contribution in [2.45, 2.75) is 6.92 Å². The van der Waals surface area contributed by atoms with Crippen molar-refractivity contribution >= 4 is 6.21 Å². The number of hydrazone groups is 1. The van der Waals surface area contributed by atoms with Gasteiger partial charge in [0.15, 0.2) is 0 Å². The third-order valence-electron chi connectivity index (χ3n) is 1.07. The fourth-order valence-corrected chi connectivity index (χ4v) is 0.334. The Morgan fingerprint density at radius 2 is 2.10 bits per heavy atom. The fourth-order valence-electron chi connectivity index (χ4n) is 0.334. The summed E-state index contributed by atoms with van der Waals surface area (Å²) in [6, 6.07) is 0. The minimum absolute atomic E-state index is 1.67. The van der Waals surface area contributed by atoms with Gasteiger partial charge in [0, 0.05) is 26.5 Å². The highest BCUT2D eigenvalue weighted by Crippen LogP contribution is 1.83. The van der Waals surface area contributed by atoms with Crippen molar-refractivity contribution in [2.24, 2.45) is 5.10 Å². The summed E-state index contributed by atoms with van der Waals surface area (Å²) in [6.45, 7) is 5.42. The molecule has 10 heavy (non-hydrogen) atoms. The molecular weight excluding hydrogens is 128 g/mol. The van der Waals surface area contributed by atoms with Gasteiger partial charge in [-0.05, 0) is 6.92 Å². The zero-order chi connectivity index (χ0) is 7.98. The summed E-state index contributed by atoms with van der Waals surface area (Å²) in [5, 5.41) is 7.27. The van der Waals surface area contributed by atoms with Gasteiger partial charge in [0.25, 0.3) is 0 Å². The van der Waals surface area contributed by atoms with Gasteiger partial charge in [0.2, 0.25) is 0 Å². The highest BCUT2D eigenvalue weighted by atomic mass is 15.8. The highest BCUT2D eigenvalue weighted by molar-refractivity contribution is 5.52. The lowest BCUT2D eigenvalue weighted by molar-refractivity contribution is 0.0230. The molecule has 58 valence electrons. The van der Waals surface area contributed by atoms with Gasteiger partial charge in [-0.15, -0.1) is 5.12 Å². The van der Waals surface area contributed by atoms with E-state index in [1.165, 1.54) is 0 Å². The first-order valence-electron chi connectivity index (χ1n) is 3.04. The molecule has 0 aromatic rings. The average Bonchev–Trinajstić information content (AvgIpc) is 1.98. The van der Waals surface area contributed by atoms with Gasteiger partial charge < -0.3 is 0 Å². The van der Waals surface area contributed by atoms with Crippen molar-refractivity contribution in [1.29, 1.82) is 0 Å². The standard InChI is InChI=1S/C6H14N4/c1-5-7-8-10(4)9(3)6-2/h5-6,8H,2H2,1,3-4H3/b7-5-. The van der Waals surface area contributed by atoms with Crippen molar-refractivity contribution in [2.75, 3.05) is 14.1 Å². The maximum absolute atomic E-state index is 3.80. The smallest absolute Gasteiger partial charge is 0.0293 e. The number of rotatable bonds is 4. The Morgan fingerprint density at radius 3 is 2.50 bits per heavy atom. The molecule has 0 amide bonds. The Bertz CT molecular complexity index is 121. The number of nitrogens with zero attached hydrogens (tertiary/aromatic N) is 3. The molecule has 0 aliphatic heterocycles. The van der Waals surface area contributed by atoms with E-state index >= 15 is 0 Å². The molecule has 0 aromatic heterocycles. The largest absolute Gasteiger partial charge is 0.298 e. The van der Waals surface area contributed by atoms with Crippen LogP contribution < -0.4 is 5.53 Å². The molecule has 0 aromatic carbocycles. The van der Waals surface area contributed by atoms with Crippen LogP contribution in [0.15, 0.2) is 17.9 Å². The minimum Gasteiger partial charge on any atom is -0.298 e. The molecule has 1 N–H and O–H groups in total. The zero-order valence-corrected chi connectivity index (χ0v) is 6.70. The van der Waals surface area contributed by atoms with E-state index in [2.05, 4.69) is 17.2 Å². The maximum atomic E-state index is 3.80. The lowest BCUT2D eigenvalue weighted by atomic mass is 10.9. The summed E-state index contributed by atoms with van der Waals surface area (Å²) in [4.78, 5) is 0. The molecule has 0 rings (SSSR count). The zero-order valence-electron chi connectivity index (χ0n) is 6.70. The number of nitrogens with one attached hydrogen (secondary N) is 1. The van der Waals surface area contributed by atoms with Crippen LogP contribution in [0.4, 0.5) is 0 Å². The minimum atomic E-state index is 1.67. The van der Waals surface area contributed by atoms with E-state index in [4.69, 9.17) is 0 Å². The summed E-state index contributed by atoms with van der Waals surface area (Å²) < 4.78 is 0. The lowest BCUT2D eigenvalue weighted by Gasteiger charge is -2.24. The first kappa shape index (κ1) is 8.97. The van der Waals surface area contributed by atoms with Crippen LogP contribution in [0.1, 0.15) is 6.92 Å². The first-order chi connectivity index (χ1) is 4.72. The third-order valence-corrected chi connectivity index (χ3v) is 1.07. The molecule has 0 heterocycles. The van der Waals surface area contributed by atoms with Crippen LogP contribution in [0.25, 0.3) is 0 Å². The second kappa shape index (κ2) is 4.81. The van der Waals surface area contributed by atoms with Gasteiger partial charge >= 0.3 is 0 Å². The Hall–Kier alpha value is -1.03. The molecule has 0 aliphatic carbocycles. The number of hydrogen-bond acceptors (Lipinski definition) is 4. The van der Waals surface area contributed by atoms with Crippen molar-refractivity contribution in [3.05, 3.63) is 12.8 Å². The van der Waals surface area contributed by atoms with E-state index in [1.54, 1.807) is 22.5 Å². The van der Waals surface area contributed by atoms with Crippen LogP contribution in [0.2, 0.25) is 0 Å². The lowest BCUT2D eigenvalue weighted by Crippen LogP contribution is -2.40. The second-order valence-electron chi connectivity index (χ2n) is 1.77. The topological polar surface area (TPSA) is 30.9 Å². The van der Waals surface area contributed by atoms with E-state index in [0.29, 0.717) is 0 Å². The average molecular weight is 142 g/mol. The molecule has 0 unspecified atom stereocenters. The first-order valence-corrected chi connectivity index (χ1v) is 3.04. The summed E-state index contributed by atoms with van der Waals surface area (Å²) in [6.07, 6.45) is 3.35. The Morgan fingerprint density at radius 1 is 1.50 bits per heavy atom. The van der Waals surface area contributed by atoms with Crippen molar-refractivity contribution in [3.63, 3.8) is 0 Å². The van der Waals surface area contributed by atoms with Crippen molar-refractivity contribution in [3.8, 4) is 0 Å². The molecule has 0 bridgehead atoms. The van der Waals surface area contributed by atoms with Gasteiger partial charge in [-0.2, -0.15) is 5.10 Å². The monoisotopic (exact) mass is 142 g/mol. The molecule has 0 atom stereocenters. The SMILES string of the molecule is C=CN(C)N(C)N/N=C\C. The van der Waals surface area contributed by atoms with E-state index in [-0.39, 0.29) is 0 Å². The molecule has 0 saturated heterocycles. The van der Waals surface area contributed by atoms with Gasteiger partial charge in [0.05, 0.1) is 0 Å². The quantitative estimate of drug-likeness (QED) is 0.456. The molecule has 4 heteroatoms. The van der Waals surface area contributed by atoms with Crippen LogP contribution in [-0.2, 0) is 0 Å². The summed E-state index contributed by atoms with van der Waals surface area (Å²) >= 11 is 0. The molecule has 0 fully saturated rings. The van der Waals surface area contributed by atoms with Crippen molar-refractivity contribution in [1.82, 2.24) is 15.7 Å². The molecule has 0 radical (unpaired) electrons. The van der Waals surface area contributed by atoms with Crippen LogP contribution in [0, 0.1) is 0 Å². The van der Waals surface area contributed by atoms with Crippen LogP contribution >= 0.6 is 0 Å². The van der Waals surface area contributed by atoms with E-state index < -0.39 is 0 Å². The van der Waals surface area contributed by atoms with Gasteiger partial charge in [-0.3, -0.25) is 5.01 Å². The third kappa shape index (κ3) is 3.09. The van der Waals surface area contributed by atoms with Gasteiger partial charge in [0.1, 0.15) is 0 Å². The summed E-state index contributed by atoms with van der Waals surface area (Å²) in [5.41, 5.74) is 2.74. The number of hydrazine groups is 2. The normalized spacial score (nSPS) is 10.4. The fraction of sp³-hybridized carbons (Fsp3) is 0.500. The summed E-state index contributed by atoms with van der Waals surface area (Å²) in [7, 11) is 3.71. The molecule has 0 saturated carbocycles. The van der Waals surface area contributed by atoms with Crippen LogP contribution in [-0.4, -0.2) is 30.4 Å². The molecule has 0 aliphatic rings. The molecular formula is C6H14N4. The molecule has 0 spiro atoms. The summed E-state index contributed by atoms with van der Waals surface area (Å²) in [5.74, 6) is 0. The van der Waals surface area contributed by atoms with Gasteiger partial charge in [-0.1, -0.05) is 6.58 Å². The van der Waals surface area contributed by atoms with E-state index in [1.807, 2.05) is 21.0 Å². The van der Waals surface area contributed by atoms with Gasteiger partial charge in [-0.25, -0.2) is 5.53 Å². The Balaban J connectivity index is 3.60. The van der Waals surface area contributed by atoms with Crippen LogP contribution in [0.3, 0.4) is 0 Å². The van der Waals surface area contributed by atoms with Crippen LogP contribution in [0.5, 0.6) is 0 Å². The Kier molecular flexibility index (Phi) is 4.32. The second-order valence-corrected chi connectivity index (χ2v) is 1.77. The van der Waals surface area contributed by atoms with E-state index in [0.717, 1.165) is 0 Å².